The summed E-state index contributed by atoms with van der Waals surface area (Å²) in [7, 11) is -1.35. The number of nitrogens with zero attached hydrogens (tertiary/aromatic N) is 2. The van der Waals surface area contributed by atoms with Crippen molar-refractivity contribution >= 4 is 35.2 Å². The molecule has 1 radical (unpaired) electrons. The van der Waals surface area contributed by atoms with Gasteiger partial charge in [-0.05, 0) is 59.1 Å². The van der Waals surface area contributed by atoms with Crippen LogP contribution in [0.3, 0.4) is 0 Å². The molecule has 0 amide bonds. The van der Waals surface area contributed by atoms with Crippen molar-refractivity contribution < 1.29 is 24.5 Å². The summed E-state index contributed by atoms with van der Waals surface area (Å²) in [5, 5.41) is 3.70. The first-order valence-corrected chi connectivity index (χ1v) is 19.9. The van der Waals surface area contributed by atoms with E-state index >= 15 is 0 Å². The van der Waals surface area contributed by atoms with Crippen LogP contribution in [-0.4, -0.2) is 18.0 Å². The molecule has 7 aromatic rings. The number of hydrogen-bond acceptors (Lipinski definition) is 3. The molecule has 48 heavy (non-hydrogen) atoms. The van der Waals surface area contributed by atoms with Crippen LogP contribution in [0, 0.1) is 31.9 Å². The Kier molecular flexibility index (Phi) is 10.9. The van der Waals surface area contributed by atoms with Crippen LogP contribution in [-0.2, 0) is 26.5 Å². The summed E-state index contributed by atoms with van der Waals surface area (Å²) in [5.74, 6) is 0.664. The van der Waals surface area contributed by atoms with E-state index in [1.54, 1.807) is 6.20 Å². The van der Waals surface area contributed by atoms with Gasteiger partial charge in [0, 0.05) is 37.9 Å². The first-order chi connectivity index (χ1) is 22.6. The maximum Gasteiger partial charge on any atom is 0.121 e. The Hall–Kier alpha value is -4.15. The molecule has 3 heterocycles. The molecule has 0 spiro atoms. The number of pyridine rings is 2. The summed E-state index contributed by atoms with van der Waals surface area (Å²) in [6.07, 6.45) is 5.04. The second-order valence-corrected chi connectivity index (χ2v) is 18.9. The average molecular weight is 823 g/mol. The molecule has 0 fully saturated rings. The van der Waals surface area contributed by atoms with Crippen molar-refractivity contribution in [3.63, 3.8) is 0 Å². The molecule has 0 N–H and O–H groups in total. The second-order valence-electron chi connectivity index (χ2n) is 13.8. The van der Waals surface area contributed by atoms with Gasteiger partial charge in [-0.3, -0.25) is 0 Å². The molecule has 3 aromatic heterocycles. The van der Waals surface area contributed by atoms with E-state index in [2.05, 4.69) is 137 Å². The summed E-state index contributed by atoms with van der Waals surface area (Å²) < 4.78 is 6.25. The van der Waals surface area contributed by atoms with E-state index in [1.807, 2.05) is 30.3 Å². The molecule has 245 valence electrons. The molecule has 0 bridgehead atoms. The summed E-state index contributed by atoms with van der Waals surface area (Å²) >= 11 is 0. The third kappa shape index (κ3) is 7.93. The quantitative estimate of drug-likeness (QED) is 0.124. The van der Waals surface area contributed by atoms with Crippen LogP contribution in [0.1, 0.15) is 30.5 Å². The maximum absolute atomic E-state index is 6.25. The molecule has 0 unspecified atom stereocenters. The van der Waals surface area contributed by atoms with Crippen LogP contribution in [0.25, 0.3) is 55.6 Å². The van der Waals surface area contributed by atoms with Gasteiger partial charge in [0.15, 0.2) is 0 Å². The maximum atomic E-state index is 6.25. The Morgan fingerprint density at radius 3 is 2.17 bits per heavy atom. The van der Waals surface area contributed by atoms with E-state index in [0.29, 0.717) is 5.92 Å². The molecule has 7 rings (SSSR count). The van der Waals surface area contributed by atoms with Gasteiger partial charge in [0.25, 0.3) is 0 Å². The van der Waals surface area contributed by atoms with Crippen LogP contribution in [0.2, 0.25) is 19.6 Å². The number of fused-ring (bicyclic) bond motifs is 3. The molecular weight excluding hydrogens is 781 g/mol. The van der Waals surface area contributed by atoms with Gasteiger partial charge >= 0.3 is 0 Å². The number of aromatic nitrogens is 2. The zero-order valence-electron chi connectivity index (χ0n) is 28.8. The minimum atomic E-state index is -1.35. The number of hydrogen-bond donors (Lipinski definition) is 0. The SMILES string of the molecule is Cc1c[c-]c(-c2cc(CC(C)C)c([Si](C)(C)C)cn2)cc1.Cc1ccc(-c2ccc3c(c2)oc2c(-c4ccccn4)[c-]ccc23)cc1.[Ir]. The smallest absolute Gasteiger partial charge is 0.121 e. The van der Waals surface area contributed by atoms with Crippen molar-refractivity contribution in [2.24, 2.45) is 5.92 Å². The van der Waals surface area contributed by atoms with Gasteiger partial charge in [-0.2, -0.15) is 0 Å². The Labute approximate surface area is 299 Å². The van der Waals surface area contributed by atoms with Gasteiger partial charge in [0.1, 0.15) is 5.58 Å². The molecule has 4 aromatic carbocycles. The zero-order valence-corrected chi connectivity index (χ0v) is 32.2. The summed E-state index contributed by atoms with van der Waals surface area (Å²) in [4.78, 5) is 9.17. The average Bonchev–Trinajstić information content (AvgIpc) is 3.43. The monoisotopic (exact) mass is 823 g/mol. The van der Waals surface area contributed by atoms with E-state index in [-0.39, 0.29) is 20.1 Å². The van der Waals surface area contributed by atoms with E-state index in [1.165, 1.54) is 27.4 Å². The minimum absolute atomic E-state index is 0. The van der Waals surface area contributed by atoms with Crippen molar-refractivity contribution in [3.8, 4) is 33.6 Å². The number of furan rings is 1. The molecule has 0 atom stereocenters. The van der Waals surface area contributed by atoms with Crippen molar-refractivity contribution in [2.75, 3.05) is 0 Å². The molecule has 0 saturated heterocycles. The van der Waals surface area contributed by atoms with Gasteiger partial charge in [-0.15, -0.1) is 53.6 Å². The Bertz CT molecular complexity index is 2130. The summed E-state index contributed by atoms with van der Waals surface area (Å²) in [6.45, 7) is 15.9. The Morgan fingerprint density at radius 2 is 1.50 bits per heavy atom. The summed E-state index contributed by atoms with van der Waals surface area (Å²) in [6, 6.07) is 40.0. The topological polar surface area (TPSA) is 38.9 Å². The number of rotatable bonds is 6. The fourth-order valence-corrected chi connectivity index (χ4v) is 7.55. The summed E-state index contributed by atoms with van der Waals surface area (Å²) in [5.41, 5.74) is 11.9. The molecule has 0 saturated carbocycles. The predicted octanol–water partition coefficient (Wildman–Crippen LogP) is 11.0. The number of benzene rings is 4. The first-order valence-electron chi connectivity index (χ1n) is 16.4. The minimum Gasteiger partial charge on any atom is -0.501 e. The molecule has 5 heteroatoms. The van der Waals surface area contributed by atoms with Crippen molar-refractivity contribution in [1.82, 2.24) is 9.97 Å². The molecule has 3 nitrogen and oxygen atoms in total. The standard InChI is InChI=1S/C24H16NO.C19H26NSi.Ir/c1-16-8-10-17(11-9-16)18-12-13-19-20-5-4-6-21(22-7-2-3-14-25-22)24(20)26-23(19)15-18;1-14(2)11-17-12-18(16-9-7-15(3)8-10-16)20-13-19(17)21(4,5)6;/h2-5,7-15H,1H3;7-9,12-14H,11H2,1-6H3;/q2*-1;. The third-order valence-corrected chi connectivity index (χ3v) is 10.5. The first kappa shape index (κ1) is 35.2. The fraction of sp³-hybridized carbons (Fsp3) is 0.209. The van der Waals surface area contributed by atoms with Crippen LogP contribution >= 0.6 is 0 Å². The normalized spacial score (nSPS) is 11.3. The van der Waals surface area contributed by atoms with Crippen molar-refractivity contribution in [2.45, 2.75) is 53.8 Å². The largest absolute Gasteiger partial charge is 0.501 e. The number of aryl methyl sites for hydroxylation is 2. The molecule has 0 aliphatic heterocycles. The fourth-order valence-electron chi connectivity index (χ4n) is 5.96. The van der Waals surface area contributed by atoms with Crippen LogP contribution in [0.15, 0.2) is 114 Å². The zero-order chi connectivity index (χ0) is 33.1. The Balaban J connectivity index is 0.000000189. The van der Waals surface area contributed by atoms with Gasteiger partial charge in [-0.25, -0.2) is 0 Å². The molecular formula is C43H42IrN2OSi-2. The van der Waals surface area contributed by atoms with E-state index < -0.39 is 8.07 Å². The van der Waals surface area contributed by atoms with Crippen LogP contribution < -0.4 is 5.19 Å². The molecule has 0 aliphatic carbocycles. The molecule has 0 aliphatic rings. The van der Waals surface area contributed by atoms with Crippen LogP contribution in [0.4, 0.5) is 0 Å². The van der Waals surface area contributed by atoms with Gasteiger partial charge in [-0.1, -0.05) is 117 Å². The third-order valence-electron chi connectivity index (χ3n) is 8.41. The van der Waals surface area contributed by atoms with Gasteiger partial charge in [0.2, 0.25) is 0 Å². The van der Waals surface area contributed by atoms with Gasteiger partial charge < -0.3 is 14.4 Å². The second kappa shape index (κ2) is 14.9. The van der Waals surface area contributed by atoms with E-state index in [0.717, 1.165) is 56.4 Å². The predicted molar refractivity (Wildman–Crippen MR) is 201 cm³/mol. The van der Waals surface area contributed by atoms with Crippen molar-refractivity contribution in [1.29, 1.82) is 0 Å². The van der Waals surface area contributed by atoms with Gasteiger partial charge in [0.05, 0.1) is 13.7 Å². The van der Waals surface area contributed by atoms with E-state index in [4.69, 9.17) is 9.40 Å². The van der Waals surface area contributed by atoms with E-state index in [9.17, 15) is 0 Å². The van der Waals surface area contributed by atoms with Crippen LogP contribution in [0.5, 0.6) is 0 Å². The van der Waals surface area contributed by atoms with Crippen molar-refractivity contribution in [3.05, 3.63) is 138 Å². The Morgan fingerprint density at radius 1 is 0.750 bits per heavy atom.